The van der Waals surface area contributed by atoms with Crippen molar-refractivity contribution >= 4 is 5.97 Å². The van der Waals surface area contributed by atoms with Crippen LogP contribution in [-0.2, 0) is 9.53 Å². The molecule has 1 rings (SSSR count). The molecule has 4 heteroatoms. The van der Waals surface area contributed by atoms with Gasteiger partial charge in [-0.1, -0.05) is 0 Å². The highest BCUT2D eigenvalue weighted by molar-refractivity contribution is 5.69. The Bertz CT molecular complexity index is 209. The molecule has 0 amide bonds. The molecule has 88 valence electrons. The van der Waals surface area contributed by atoms with Crippen LogP contribution in [-0.4, -0.2) is 43.7 Å². The van der Waals surface area contributed by atoms with Gasteiger partial charge in [-0.3, -0.25) is 4.79 Å². The van der Waals surface area contributed by atoms with E-state index in [1.165, 1.54) is 26.5 Å². The first kappa shape index (κ1) is 12.5. The number of methoxy groups -OCH3 is 1. The van der Waals surface area contributed by atoms with Gasteiger partial charge in [-0.15, -0.1) is 0 Å². The molecule has 0 spiro atoms. The number of esters is 1. The summed E-state index contributed by atoms with van der Waals surface area (Å²) in [5.74, 6) is -0.162. The summed E-state index contributed by atoms with van der Waals surface area (Å²) in [5, 5.41) is 0. The summed E-state index contributed by atoms with van der Waals surface area (Å²) in [4.78, 5) is 13.3. The van der Waals surface area contributed by atoms with Crippen LogP contribution >= 0.6 is 0 Å². The van der Waals surface area contributed by atoms with Gasteiger partial charge in [-0.25, -0.2) is 0 Å². The molecule has 0 saturated carbocycles. The van der Waals surface area contributed by atoms with Crippen LogP contribution in [0.2, 0.25) is 0 Å². The summed E-state index contributed by atoms with van der Waals surface area (Å²) in [6.07, 6.45) is 4.67. The van der Waals surface area contributed by atoms with Crippen molar-refractivity contribution < 1.29 is 9.53 Å². The van der Waals surface area contributed by atoms with Gasteiger partial charge >= 0.3 is 5.97 Å². The van der Waals surface area contributed by atoms with Gasteiger partial charge in [0.2, 0.25) is 0 Å². The van der Waals surface area contributed by atoms with E-state index in [0.717, 1.165) is 12.8 Å². The third-order valence-electron chi connectivity index (χ3n) is 3.19. The molecule has 1 aliphatic heterocycles. The smallest absolute Gasteiger partial charge is 0.305 e. The van der Waals surface area contributed by atoms with Gasteiger partial charge in [0, 0.05) is 18.5 Å². The average molecular weight is 214 g/mol. The molecule has 2 unspecified atom stereocenters. The number of carbonyl (C=O) groups excluding carboxylic acids is 1. The zero-order valence-corrected chi connectivity index (χ0v) is 9.74. The van der Waals surface area contributed by atoms with Crippen LogP contribution in [0.4, 0.5) is 0 Å². The highest BCUT2D eigenvalue weighted by Crippen LogP contribution is 2.19. The Morgan fingerprint density at radius 3 is 2.93 bits per heavy atom. The highest BCUT2D eigenvalue weighted by atomic mass is 16.5. The minimum atomic E-state index is -0.162. The van der Waals surface area contributed by atoms with Crippen molar-refractivity contribution in [2.45, 2.75) is 44.2 Å². The van der Waals surface area contributed by atoms with E-state index < -0.39 is 0 Å². The Hall–Kier alpha value is -0.610. The maximum Gasteiger partial charge on any atom is 0.305 e. The zero-order chi connectivity index (χ0) is 11.3. The Morgan fingerprint density at radius 2 is 2.40 bits per heavy atom. The lowest BCUT2D eigenvalue weighted by Gasteiger charge is -2.22. The van der Waals surface area contributed by atoms with Gasteiger partial charge in [-0.2, -0.15) is 0 Å². The molecule has 1 fully saturated rings. The van der Waals surface area contributed by atoms with E-state index in [0.29, 0.717) is 12.5 Å². The molecule has 2 atom stereocenters. The van der Waals surface area contributed by atoms with Gasteiger partial charge in [-0.05, 0) is 39.3 Å². The van der Waals surface area contributed by atoms with Crippen molar-refractivity contribution in [3.05, 3.63) is 0 Å². The summed E-state index contributed by atoms with van der Waals surface area (Å²) in [6.45, 7) is 1.17. The number of ether oxygens (including phenoxy) is 1. The number of hydrogen-bond acceptors (Lipinski definition) is 4. The standard InChI is InChI=1S/C11H22N2O2/c1-13-7-3-4-10(13)8-9(12)5-6-11(14)15-2/h9-10H,3-8,12H2,1-2H3. The molecule has 1 saturated heterocycles. The Labute approximate surface area is 91.8 Å². The van der Waals surface area contributed by atoms with Gasteiger partial charge in [0.15, 0.2) is 0 Å². The van der Waals surface area contributed by atoms with Crippen molar-refractivity contribution in [3.63, 3.8) is 0 Å². The molecule has 0 aromatic carbocycles. The minimum Gasteiger partial charge on any atom is -0.469 e. The number of likely N-dealkylation sites (tertiary alicyclic amines) is 1. The Balaban J connectivity index is 2.17. The molecule has 0 aliphatic carbocycles. The van der Waals surface area contributed by atoms with Gasteiger partial charge in [0.25, 0.3) is 0 Å². The number of hydrogen-bond donors (Lipinski definition) is 1. The largest absolute Gasteiger partial charge is 0.469 e. The summed E-state index contributed by atoms with van der Waals surface area (Å²) >= 11 is 0. The second-order valence-electron chi connectivity index (χ2n) is 4.39. The topological polar surface area (TPSA) is 55.6 Å². The number of nitrogens with zero attached hydrogens (tertiary/aromatic N) is 1. The lowest BCUT2D eigenvalue weighted by molar-refractivity contribution is -0.140. The average Bonchev–Trinajstić information content (AvgIpc) is 2.61. The van der Waals surface area contributed by atoms with Crippen molar-refractivity contribution in [1.82, 2.24) is 4.90 Å². The molecule has 0 aromatic rings. The van der Waals surface area contributed by atoms with Crippen LogP contribution in [0.5, 0.6) is 0 Å². The molecule has 0 aromatic heterocycles. The fourth-order valence-corrected chi connectivity index (χ4v) is 2.15. The predicted molar refractivity (Wildman–Crippen MR) is 59.5 cm³/mol. The fourth-order valence-electron chi connectivity index (χ4n) is 2.15. The Kier molecular flexibility index (Phi) is 5.05. The second-order valence-corrected chi connectivity index (χ2v) is 4.39. The third kappa shape index (κ3) is 4.18. The predicted octanol–water partition coefficient (Wildman–Crippen LogP) is 0.751. The molecule has 15 heavy (non-hydrogen) atoms. The third-order valence-corrected chi connectivity index (χ3v) is 3.19. The van der Waals surface area contributed by atoms with Crippen molar-refractivity contribution in [2.24, 2.45) is 5.73 Å². The van der Waals surface area contributed by atoms with E-state index in [1.54, 1.807) is 0 Å². The molecule has 1 aliphatic rings. The first-order valence-electron chi connectivity index (χ1n) is 5.66. The first-order valence-corrected chi connectivity index (χ1v) is 5.66. The van der Waals surface area contributed by atoms with Crippen LogP contribution in [0, 0.1) is 0 Å². The SMILES string of the molecule is COC(=O)CCC(N)CC1CCCN1C. The maximum atomic E-state index is 10.9. The molecule has 0 bridgehead atoms. The lowest BCUT2D eigenvalue weighted by Crippen LogP contribution is -2.33. The van der Waals surface area contributed by atoms with Crippen molar-refractivity contribution in [2.75, 3.05) is 20.7 Å². The summed E-state index contributed by atoms with van der Waals surface area (Å²) in [7, 11) is 3.56. The molecule has 0 radical (unpaired) electrons. The molecule has 1 heterocycles. The fraction of sp³-hybridized carbons (Fsp3) is 0.909. The van der Waals surface area contributed by atoms with Crippen LogP contribution in [0.3, 0.4) is 0 Å². The van der Waals surface area contributed by atoms with Gasteiger partial charge in [0.05, 0.1) is 7.11 Å². The number of carbonyl (C=O) groups is 1. The summed E-state index contributed by atoms with van der Waals surface area (Å²) in [6, 6.07) is 0.729. The van der Waals surface area contributed by atoms with E-state index in [-0.39, 0.29) is 12.0 Å². The quantitative estimate of drug-likeness (QED) is 0.686. The normalized spacial score (nSPS) is 24.1. The summed E-state index contributed by atoms with van der Waals surface area (Å²) in [5.41, 5.74) is 5.98. The van der Waals surface area contributed by atoms with Gasteiger partial charge < -0.3 is 15.4 Å². The summed E-state index contributed by atoms with van der Waals surface area (Å²) < 4.78 is 4.59. The van der Waals surface area contributed by atoms with Crippen molar-refractivity contribution in [3.8, 4) is 0 Å². The monoisotopic (exact) mass is 214 g/mol. The highest BCUT2D eigenvalue weighted by Gasteiger charge is 2.23. The number of nitrogens with two attached hydrogens (primary N) is 1. The van der Waals surface area contributed by atoms with E-state index in [2.05, 4.69) is 16.7 Å². The second kappa shape index (κ2) is 6.08. The van der Waals surface area contributed by atoms with Crippen molar-refractivity contribution in [1.29, 1.82) is 0 Å². The molecule has 2 N–H and O–H groups in total. The van der Waals surface area contributed by atoms with E-state index >= 15 is 0 Å². The van der Waals surface area contributed by atoms with E-state index in [9.17, 15) is 4.79 Å². The van der Waals surface area contributed by atoms with E-state index in [1.807, 2.05) is 0 Å². The van der Waals surface area contributed by atoms with Crippen LogP contribution in [0.25, 0.3) is 0 Å². The van der Waals surface area contributed by atoms with Crippen LogP contribution < -0.4 is 5.73 Å². The Morgan fingerprint density at radius 1 is 1.67 bits per heavy atom. The van der Waals surface area contributed by atoms with E-state index in [4.69, 9.17) is 5.73 Å². The maximum absolute atomic E-state index is 10.9. The number of rotatable bonds is 5. The molecule has 4 nitrogen and oxygen atoms in total. The first-order chi connectivity index (χ1) is 7.13. The lowest BCUT2D eigenvalue weighted by atomic mass is 10.0. The van der Waals surface area contributed by atoms with Gasteiger partial charge in [0.1, 0.15) is 0 Å². The van der Waals surface area contributed by atoms with Crippen LogP contribution in [0.15, 0.2) is 0 Å². The zero-order valence-electron chi connectivity index (χ0n) is 9.74. The van der Waals surface area contributed by atoms with Crippen LogP contribution in [0.1, 0.15) is 32.1 Å². The molecular weight excluding hydrogens is 192 g/mol. The minimum absolute atomic E-state index is 0.120. The molecular formula is C11H22N2O2.